The fraction of sp³-hybridized carbons (Fsp3) is 0.143. The molecule has 0 N–H and O–H groups in total. The minimum atomic E-state index is -0.280. The quantitative estimate of drug-likeness (QED) is 0.843. The highest BCUT2D eigenvalue weighted by atomic mass is 79.9. The highest BCUT2D eigenvalue weighted by molar-refractivity contribution is 9.10. The van der Waals surface area contributed by atoms with Gasteiger partial charge in [0.15, 0.2) is 0 Å². The van der Waals surface area contributed by atoms with E-state index in [2.05, 4.69) is 15.9 Å². The van der Waals surface area contributed by atoms with Crippen molar-refractivity contribution in [3.63, 3.8) is 0 Å². The largest absolute Gasteiger partial charge is 0.497 e. The zero-order valence-corrected chi connectivity index (χ0v) is 11.4. The number of benzene rings is 2. The van der Waals surface area contributed by atoms with Gasteiger partial charge < -0.3 is 9.47 Å². The number of ether oxygens (including phenoxy) is 2. The van der Waals surface area contributed by atoms with Gasteiger partial charge in [-0.1, -0.05) is 15.9 Å². The Morgan fingerprint density at radius 3 is 2.33 bits per heavy atom. The molecule has 0 unspecified atom stereocenters. The first-order valence-corrected chi connectivity index (χ1v) is 6.18. The van der Waals surface area contributed by atoms with Crippen LogP contribution in [0.3, 0.4) is 0 Å². The number of methoxy groups -OCH3 is 1. The third kappa shape index (κ3) is 3.47. The molecule has 18 heavy (non-hydrogen) atoms. The number of hydrogen-bond acceptors (Lipinski definition) is 2. The SMILES string of the molecule is COc1ccc(OCc2cc(F)cc(Br)c2)cc1. The van der Waals surface area contributed by atoms with E-state index < -0.39 is 0 Å². The fourth-order valence-corrected chi connectivity index (χ4v) is 2.05. The number of hydrogen-bond donors (Lipinski definition) is 0. The summed E-state index contributed by atoms with van der Waals surface area (Å²) in [7, 11) is 1.61. The molecule has 0 saturated carbocycles. The lowest BCUT2D eigenvalue weighted by Crippen LogP contribution is -1.96. The van der Waals surface area contributed by atoms with Gasteiger partial charge in [-0.15, -0.1) is 0 Å². The van der Waals surface area contributed by atoms with Gasteiger partial charge in [0.05, 0.1) is 7.11 Å². The Kier molecular flexibility index (Phi) is 4.20. The molecule has 0 aliphatic rings. The topological polar surface area (TPSA) is 18.5 Å². The van der Waals surface area contributed by atoms with Crippen molar-refractivity contribution in [1.82, 2.24) is 0 Å². The maximum Gasteiger partial charge on any atom is 0.124 e. The third-order valence-corrected chi connectivity index (χ3v) is 2.85. The van der Waals surface area contributed by atoms with Crippen molar-refractivity contribution in [2.75, 3.05) is 7.11 Å². The van der Waals surface area contributed by atoms with Crippen LogP contribution in [0.1, 0.15) is 5.56 Å². The van der Waals surface area contributed by atoms with Gasteiger partial charge in [0.2, 0.25) is 0 Å². The molecule has 0 aliphatic carbocycles. The van der Waals surface area contributed by atoms with E-state index in [4.69, 9.17) is 9.47 Å². The van der Waals surface area contributed by atoms with Gasteiger partial charge in [-0.25, -0.2) is 4.39 Å². The van der Waals surface area contributed by atoms with Gasteiger partial charge in [0, 0.05) is 4.47 Å². The minimum absolute atomic E-state index is 0.280. The maximum absolute atomic E-state index is 13.2. The lowest BCUT2D eigenvalue weighted by molar-refractivity contribution is 0.304. The van der Waals surface area contributed by atoms with E-state index in [-0.39, 0.29) is 5.82 Å². The standard InChI is InChI=1S/C14H12BrFO2/c1-17-13-2-4-14(5-3-13)18-9-10-6-11(15)8-12(16)7-10/h2-8H,9H2,1H3. The second-order valence-electron chi connectivity index (χ2n) is 3.74. The van der Waals surface area contributed by atoms with E-state index in [9.17, 15) is 4.39 Å². The molecule has 94 valence electrons. The Labute approximate surface area is 113 Å². The highest BCUT2D eigenvalue weighted by Gasteiger charge is 2.01. The summed E-state index contributed by atoms with van der Waals surface area (Å²) in [5.74, 6) is 1.21. The molecule has 0 aliphatic heterocycles. The van der Waals surface area contributed by atoms with Crippen molar-refractivity contribution in [2.45, 2.75) is 6.61 Å². The van der Waals surface area contributed by atoms with Crippen LogP contribution in [0.2, 0.25) is 0 Å². The van der Waals surface area contributed by atoms with Crippen LogP contribution in [0.4, 0.5) is 4.39 Å². The van der Waals surface area contributed by atoms with E-state index in [1.807, 2.05) is 30.3 Å². The summed E-state index contributed by atoms with van der Waals surface area (Å²) in [5, 5.41) is 0. The van der Waals surface area contributed by atoms with Crippen LogP contribution in [0, 0.1) is 5.82 Å². The molecule has 0 saturated heterocycles. The molecule has 0 heterocycles. The van der Waals surface area contributed by atoms with Gasteiger partial charge in [-0.3, -0.25) is 0 Å². The zero-order valence-electron chi connectivity index (χ0n) is 9.82. The molecular weight excluding hydrogens is 299 g/mol. The smallest absolute Gasteiger partial charge is 0.124 e. The average Bonchev–Trinajstić information content (AvgIpc) is 2.36. The lowest BCUT2D eigenvalue weighted by atomic mass is 10.2. The van der Waals surface area contributed by atoms with Crippen molar-refractivity contribution < 1.29 is 13.9 Å². The molecule has 0 atom stereocenters. The van der Waals surface area contributed by atoms with Crippen molar-refractivity contribution in [3.8, 4) is 11.5 Å². The van der Waals surface area contributed by atoms with E-state index in [1.54, 1.807) is 7.11 Å². The highest BCUT2D eigenvalue weighted by Crippen LogP contribution is 2.20. The molecule has 2 rings (SSSR count). The van der Waals surface area contributed by atoms with Crippen LogP contribution < -0.4 is 9.47 Å². The molecule has 2 aromatic carbocycles. The summed E-state index contributed by atoms with van der Waals surface area (Å²) >= 11 is 3.25. The van der Waals surface area contributed by atoms with Crippen LogP contribution in [0.15, 0.2) is 46.9 Å². The Balaban J connectivity index is 2.01. The number of halogens is 2. The summed E-state index contributed by atoms with van der Waals surface area (Å²) in [6.45, 7) is 0.322. The molecule has 0 spiro atoms. The second-order valence-corrected chi connectivity index (χ2v) is 4.66. The average molecular weight is 311 g/mol. The first-order valence-electron chi connectivity index (χ1n) is 5.39. The molecule has 0 aromatic heterocycles. The van der Waals surface area contributed by atoms with Gasteiger partial charge in [-0.05, 0) is 48.0 Å². The van der Waals surface area contributed by atoms with Crippen molar-refractivity contribution in [1.29, 1.82) is 0 Å². The Hall–Kier alpha value is -1.55. The Morgan fingerprint density at radius 1 is 1.06 bits per heavy atom. The van der Waals surface area contributed by atoms with E-state index in [0.29, 0.717) is 11.1 Å². The van der Waals surface area contributed by atoms with Gasteiger partial charge >= 0.3 is 0 Å². The van der Waals surface area contributed by atoms with Crippen LogP contribution in [0.25, 0.3) is 0 Å². The van der Waals surface area contributed by atoms with Gasteiger partial charge in [-0.2, -0.15) is 0 Å². The third-order valence-electron chi connectivity index (χ3n) is 2.39. The second kappa shape index (κ2) is 5.87. The van der Waals surface area contributed by atoms with E-state index in [0.717, 1.165) is 17.1 Å². The predicted octanol–water partition coefficient (Wildman–Crippen LogP) is 4.18. The Morgan fingerprint density at radius 2 is 1.72 bits per heavy atom. The first-order chi connectivity index (χ1) is 8.67. The predicted molar refractivity (Wildman–Crippen MR) is 71.4 cm³/mol. The molecule has 2 aromatic rings. The van der Waals surface area contributed by atoms with Crippen LogP contribution in [-0.2, 0) is 6.61 Å². The molecule has 0 fully saturated rings. The molecule has 4 heteroatoms. The van der Waals surface area contributed by atoms with Crippen molar-refractivity contribution >= 4 is 15.9 Å². The summed E-state index contributed by atoms with van der Waals surface area (Å²) in [6, 6.07) is 12.0. The van der Waals surface area contributed by atoms with E-state index >= 15 is 0 Å². The minimum Gasteiger partial charge on any atom is -0.497 e. The van der Waals surface area contributed by atoms with Crippen molar-refractivity contribution in [2.24, 2.45) is 0 Å². The van der Waals surface area contributed by atoms with Crippen LogP contribution in [0.5, 0.6) is 11.5 Å². The summed E-state index contributed by atoms with van der Waals surface area (Å²) in [6.07, 6.45) is 0. The first kappa shape index (κ1) is 12.9. The Bertz CT molecular complexity index is 506. The van der Waals surface area contributed by atoms with Gasteiger partial charge in [0.25, 0.3) is 0 Å². The molecular formula is C14H12BrFO2. The number of rotatable bonds is 4. The summed E-state index contributed by atoms with van der Waals surface area (Å²) in [5.41, 5.74) is 0.776. The summed E-state index contributed by atoms with van der Waals surface area (Å²) in [4.78, 5) is 0. The molecule has 0 radical (unpaired) electrons. The fourth-order valence-electron chi connectivity index (χ4n) is 1.53. The lowest BCUT2D eigenvalue weighted by Gasteiger charge is -2.07. The van der Waals surface area contributed by atoms with Crippen LogP contribution >= 0.6 is 15.9 Å². The zero-order chi connectivity index (χ0) is 13.0. The monoisotopic (exact) mass is 310 g/mol. The van der Waals surface area contributed by atoms with Gasteiger partial charge in [0.1, 0.15) is 23.9 Å². The van der Waals surface area contributed by atoms with Crippen molar-refractivity contribution in [3.05, 3.63) is 58.3 Å². The van der Waals surface area contributed by atoms with E-state index in [1.165, 1.54) is 12.1 Å². The van der Waals surface area contributed by atoms with Crippen LogP contribution in [-0.4, -0.2) is 7.11 Å². The normalized spacial score (nSPS) is 10.2. The molecule has 0 bridgehead atoms. The molecule has 2 nitrogen and oxygen atoms in total. The summed E-state index contributed by atoms with van der Waals surface area (Å²) < 4.78 is 24.5. The maximum atomic E-state index is 13.2. The molecule has 0 amide bonds.